The average molecular weight is 200 g/mol. The first kappa shape index (κ1) is 8.10. The predicted octanol–water partition coefficient (Wildman–Crippen LogP) is 0.529. The van der Waals surface area contributed by atoms with Gasteiger partial charge < -0.3 is 4.57 Å². The Balaban J connectivity index is 2.05. The summed E-state index contributed by atoms with van der Waals surface area (Å²) >= 11 is 0. The second-order valence-corrected chi connectivity index (χ2v) is 3.19. The minimum Gasteiger partial charge on any atom is -0.310 e. The largest absolute Gasteiger partial charge is 0.310 e. The number of para-hydroxylation sites is 2. The first-order chi connectivity index (χ1) is 7.43. The number of hydrogen-bond acceptors (Lipinski definition) is 4. The fraction of sp³-hybridized carbons (Fsp3) is 0.111. The number of rotatable bonds is 2. The third-order valence-electron chi connectivity index (χ3n) is 2.22. The topological polar surface area (TPSA) is 61.4 Å². The maximum atomic E-state index is 4.28. The van der Waals surface area contributed by atoms with Gasteiger partial charge in [0.2, 0.25) is 0 Å². The van der Waals surface area contributed by atoms with Crippen molar-refractivity contribution in [3.63, 3.8) is 0 Å². The van der Waals surface area contributed by atoms with E-state index in [1.807, 2.05) is 28.8 Å². The molecule has 0 aliphatic carbocycles. The molecule has 0 radical (unpaired) electrons. The van der Waals surface area contributed by atoms with E-state index in [0.717, 1.165) is 11.0 Å². The molecule has 0 aliphatic heterocycles. The highest BCUT2D eigenvalue weighted by Crippen LogP contribution is 2.11. The van der Waals surface area contributed by atoms with Crippen LogP contribution in [0.3, 0.4) is 0 Å². The molecule has 74 valence electrons. The second-order valence-electron chi connectivity index (χ2n) is 3.19. The van der Waals surface area contributed by atoms with Gasteiger partial charge in [-0.2, -0.15) is 0 Å². The van der Waals surface area contributed by atoms with Crippen molar-refractivity contribution in [3.8, 4) is 0 Å². The van der Waals surface area contributed by atoms with Crippen LogP contribution >= 0.6 is 0 Å². The highest BCUT2D eigenvalue weighted by Gasteiger charge is 2.01. The van der Waals surface area contributed by atoms with E-state index in [9.17, 15) is 0 Å². The van der Waals surface area contributed by atoms with E-state index in [-0.39, 0.29) is 0 Å². The monoisotopic (exact) mass is 200 g/mol. The van der Waals surface area contributed by atoms with Crippen LogP contribution in [-0.4, -0.2) is 29.8 Å². The highest BCUT2D eigenvalue weighted by atomic mass is 15.5. The van der Waals surface area contributed by atoms with Crippen LogP contribution in [0, 0.1) is 0 Å². The Bertz CT molecular complexity index is 567. The molecule has 0 spiro atoms. The van der Waals surface area contributed by atoms with Crippen molar-refractivity contribution in [1.82, 2.24) is 29.8 Å². The molecule has 0 aliphatic rings. The predicted molar refractivity (Wildman–Crippen MR) is 52.9 cm³/mol. The Morgan fingerprint density at radius 3 is 2.93 bits per heavy atom. The van der Waals surface area contributed by atoms with Crippen LogP contribution in [0.15, 0.2) is 36.9 Å². The first-order valence-corrected chi connectivity index (χ1v) is 4.54. The van der Waals surface area contributed by atoms with Gasteiger partial charge in [0.15, 0.2) is 0 Å². The summed E-state index contributed by atoms with van der Waals surface area (Å²) in [5.41, 5.74) is 2.05. The van der Waals surface area contributed by atoms with Crippen LogP contribution in [0.4, 0.5) is 0 Å². The van der Waals surface area contributed by atoms with Gasteiger partial charge in [-0.05, 0) is 22.6 Å². The lowest BCUT2D eigenvalue weighted by Gasteiger charge is -2.01. The van der Waals surface area contributed by atoms with Crippen molar-refractivity contribution in [3.05, 3.63) is 36.9 Å². The molecular weight excluding hydrogens is 192 g/mol. The zero-order chi connectivity index (χ0) is 10.1. The van der Waals surface area contributed by atoms with Crippen LogP contribution in [0.5, 0.6) is 0 Å². The minimum atomic E-state index is 0.577. The molecule has 2 heterocycles. The Hall–Kier alpha value is -2.24. The number of aromatic nitrogens is 6. The number of fused-ring (bicyclic) bond motifs is 1. The molecule has 3 rings (SSSR count). The van der Waals surface area contributed by atoms with Gasteiger partial charge in [0.1, 0.15) is 13.0 Å². The maximum Gasteiger partial charge on any atom is 0.140 e. The molecule has 0 atom stereocenters. The second kappa shape index (κ2) is 3.16. The lowest BCUT2D eigenvalue weighted by Crippen LogP contribution is -2.07. The lowest BCUT2D eigenvalue weighted by molar-refractivity contribution is 0.540. The van der Waals surface area contributed by atoms with Crippen molar-refractivity contribution >= 4 is 11.0 Å². The fourth-order valence-corrected chi connectivity index (χ4v) is 1.52. The Morgan fingerprint density at radius 2 is 2.07 bits per heavy atom. The molecular formula is C9H8N6. The number of benzene rings is 1. The van der Waals surface area contributed by atoms with E-state index in [0.29, 0.717) is 6.67 Å². The van der Waals surface area contributed by atoms with Gasteiger partial charge in [0.05, 0.1) is 17.4 Å². The Morgan fingerprint density at radius 1 is 1.13 bits per heavy atom. The van der Waals surface area contributed by atoms with Gasteiger partial charge >= 0.3 is 0 Å². The van der Waals surface area contributed by atoms with Crippen LogP contribution < -0.4 is 0 Å². The van der Waals surface area contributed by atoms with E-state index in [1.165, 1.54) is 0 Å². The van der Waals surface area contributed by atoms with Crippen LogP contribution in [0.2, 0.25) is 0 Å². The molecule has 0 unspecified atom stereocenters. The zero-order valence-electron chi connectivity index (χ0n) is 7.85. The molecule has 0 fully saturated rings. The molecule has 3 aromatic rings. The maximum absolute atomic E-state index is 4.28. The molecule has 0 N–H and O–H groups in total. The van der Waals surface area contributed by atoms with Gasteiger partial charge in [-0.15, -0.1) is 5.10 Å². The van der Waals surface area contributed by atoms with Crippen molar-refractivity contribution in [2.75, 3.05) is 0 Å². The Kier molecular flexibility index (Phi) is 1.71. The molecule has 0 saturated heterocycles. The van der Waals surface area contributed by atoms with E-state index in [2.05, 4.69) is 20.5 Å². The van der Waals surface area contributed by atoms with E-state index in [4.69, 9.17) is 0 Å². The number of tetrazole rings is 1. The van der Waals surface area contributed by atoms with Crippen molar-refractivity contribution < 1.29 is 0 Å². The molecule has 6 heteroatoms. The number of nitrogens with zero attached hydrogens (tertiary/aromatic N) is 6. The molecule has 2 aromatic heterocycles. The molecule has 15 heavy (non-hydrogen) atoms. The normalized spacial score (nSPS) is 10.9. The number of imidazole rings is 1. The van der Waals surface area contributed by atoms with Gasteiger partial charge in [0, 0.05) is 0 Å². The summed E-state index contributed by atoms with van der Waals surface area (Å²) in [5.74, 6) is 0. The van der Waals surface area contributed by atoms with Gasteiger partial charge in [0.25, 0.3) is 0 Å². The van der Waals surface area contributed by atoms with Crippen LogP contribution in [-0.2, 0) is 6.67 Å². The summed E-state index contributed by atoms with van der Waals surface area (Å²) in [4.78, 5) is 4.28. The van der Waals surface area contributed by atoms with Crippen molar-refractivity contribution in [2.45, 2.75) is 6.67 Å². The summed E-state index contributed by atoms with van der Waals surface area (Å²) in [6.07, 6.45) is 3.36. The van der Waals surface area contributed by atoms with Gasteiger partial charge in [-0.25, -0.2) is 9.67 Å². The smallest absolute Gasteiger partial charge is 0.140 e. The quantitative estimate of drug-likeness (QED) is 0.605. The van der Waals surface area contributed by atoms with Crippen LogP contribution in [0.25, 0.3) is 11.0 Å². The fourth-order valence-electron chi connectivity index (χ4n) is 1.52. The number of hydrogen-bond donors (Lipinski definition) is 0. The summed E-state index contributed by atoms with van der Waals surface area (Å²) in [5, 5.41) is 11.0. The average Bonchev–Trinajstić information content (AvgIpc) is 2.89. The van der Waals surface area contributed by atoms with Gasteiger partial charge in [-0.1, -0.05) is 12.1 Å². The molecule has 1 aromatic carbocycles. The summed E-state index contributed by atoms with van der Waals surface area (Å²) in [6.45, 7) is 0.577. The zero-order valence-corrected chi connectivity index (χ0v) is 7.85. The third-order valence-corrected chi connectivity index (χ3v) is 2.22. The van der Waals surface area contributed by atoms with E-state index in [1.54, 1.807) is 17.3 Å². The van der Waals surface area contributed by atoms with Crippen LogP contribution in [0.1, 0.15) is 0 Å². The molecule has 0 saturated carbocycles. The SMILES string of the molecule is c1ccc2c(c1)ncn2Cn1cnnn1. The third kappa shape index (κ3) is 1.35. The van der Waals surface area contributed by atoms with Gasteiger partial charge in [-0.3, -0.25) is 0 Å². The van der Waals surface area contributed by atoms with E-state index < -0.39 is 0 Å². The first-order valence-electron chi connectivity index (χ1n) is 4.54. The van der Waals surface area contributed by atoms with Crippen molar-refractivity contribution in [2.24, 2.45) is 0 Å². The Labute approximate surface area is 85.2 Å². The summed E-state index contributed by atoms with van der Waals surface area (Å²) < 4.78 is 3.64. The van der Waals surface area contributed by atoms with E-state index >= 15 is 0 Å². The minimum absolute atomic E-state index is 0.577. The molecule has 0 bridgehead atoms. The standard InChI is InChI=1S/C9H8N6/c1-2-4-9-8(3-1)10-5-14(9)7-15-6-11-12-13-15/h1-6H,7H2. The molecule has 6 nitrogen and oxygen atoms in total. The highest BCUT2D eigenvalue weighted by molar-refractivity contribution is 5.74. The summed E-state index contributed by atoms with van der Waals surface area (Å²) in [7, 11) is 0. The summed E-state index contributed by atoms with van der Waals surface area (Å²) in [6, 6.07) is 7.95. The van der Waals surface area contributed by atoms with Crippen molar-refractivity contribution in [1.29, 1.82) is 0 Å². The molecule has 0 amide bonds. The lowest BCUT2D eigenvalue weighted by atomic mass is 10.3.